The minimum absolute atomic E-state index is 0.0328. The Morgan fingerprint density at radius 2 is 1.90 bits per heavy atom. The average molecular weight is 314 g/mol. The lowest BCUT2D eigenvalue weighted by Crippen LogP contribution is -2.33. The van der Waals surface area contributed by atoms with Gasteiger partial charge in [0.2, 0.25) is 5.95 Å². The lowest BCUT2D eigenvalue weighted by molar-refractivity contribution is 0.557. The quantitative estimate of drug-likeness (QED) is 0.904. The van der Waals surface area contributed by atoms with Gasteiger partial charge in [0.25, 0.3) is 0 Å². The molecule has 116 valence electrons. The van der Waals surface area contributed by atoms with Gasteiger partial charge in [0.1, 0.15) is 9.84 Å². The third-order valence-corrected chi connectivity index (χ3v) is 5.73. The molecule has 3 rings (SSSR count). The fourth-order valence-corrected chi connectivity index (χ4v) is 4.29. The number of anilines is 2. The van der Waals surface area contributed by atoms with Gasteiger partial charge in [0.05, 0.1) is 17.7 Å². The average Bonchev–Trinajstić information content (AvgIpc) is 2.97. The van der Waals surface area contributed by atoms with Crippen LogP contribution in [0, 0.1) is 5.82 Å². The second-order valence-corrected chi connectivity index (χ2v) is 7.93. The molecule has 1 aromatic heterocycles. The van der Waals surface area contributed by atoms with Crippen LogP contribution in [0.4, 0.5) is 16.2 Å². The summed E-state index contributed by atoms with van der Waals surface area (Å²) in [5.74, 6) is 0.681. The minimum Gasteiger partial charge on any atom is -0.354 e. The number of nitrogens with one attached hydrogen (secondary N) is 1. The standard InChI is InChI=1S/C13H19FN4O2S/c14-11-9-15-13(17-12(11)18-5-1-2-6-18)16-10-3-7-21(19,20)8-4-10/h9-10H,1-8H2,(H,15,16,17). The van der Waals surface area contributed by atoms with E-state index < -0.39 is 15.7 Å². The summed E-state index contributed by atoms with van der Waals surface area (Å²) in [4.78, 5) is 10.2. The van der Waals surface area contributed by atoms with Gasteiger partial charge < -0.3 is 10.2 Å². The number of hydrogen-bond donors (Lipinski definition) is 1. The summed E-state index contributed by atoms with van der Waals surface area (Å²) >= 11 is 0. The summed E-state index contributed by atoms with van der Waals surface area (Å²) in [5.41, 5.74) is 0. The fraction of sp³-hybridized carbons (Fsp3) is 0.692. The highest BCUT2D eigenvalue weighted by molar-refractivity contribution is 7.91. The number of nitrogens with zero attached hydrogens (tertiary/aromatic N) is 3. The second-order valence-electron chi connectivity index (χ2n) is 5.63. The second kappa shape index (κ2) is 5.75. The van der Waals surface area contributed by atoms with Crippen LogP contribution in [-0.2, 0) is 9.84 Å². The Morgan fingerprint density at radius 3 is 2.57 bits per heavy atom. The van der Waals surface area contributed by atoms with Crippen LogP contribution in [0.15, 0.2) is 6.20 Å². The molecule has 2 aliphatic heterocycles. The van der Waals surface area contributed by atoms with Gasteiger partial charge in [0, 0.05) is 19.1 Å². The molecule has 21 heavy (non-hydrogen) atoms. The highest BCUT2D eigenvalue weighted by atomic mass is 32.2. The molecule has 6 nitrogen and oxygen atoms in total. The SMILES string of the molecule is O=S1(=O)CCC(Nc2ncc(F)c(N3CCCC3)n2)CC1. The van der Waals surface area contributed by atoms with Crippen molar-refractivity contribution in [3.8, 4) is 0 Å². The van der Waals surface area contributed by atoms with Gasteiger partial charge in [-0.2, -0.15) is 4.98 Å². The summed E-state index contributed by atoms with van der Waals surface area (Å²) in [7, 11) is -2.88. The van der Waals surface area contributed by atoms with Gasteiger partial charge in [-0.05, 0) is 25.7 Å². The van der Waals surface area contributed by atoms with E-state index in [0.29, 0.717) is 24.6 Å². The number of sulfone groups is 1. The van der Waals surface area contributed by atoms with Gasteiger partial charge >= 0.3 is 0 Å². The monoisotopic (exact) mass is 314 g/mol. The molecule has 0 aliphatic carbocycles. The maximum absolute atomic E-state index is 13.8. The van der Waals surface area contributed by atoms with E-state index in [-0.39, 0.29) is 17.5 Å². The number of halogens is 1. The third kappa shape index (κ3) is 3.42. The highest BCUT2D eigenvalue weighted by Gasteiger charge is 2.25. The first-order chi connectivity index (χ1) is 10.0. The van der Waals surface area contributed by atoms with Crippen molar-refractivity contribution in [3.63, 3.8) is 0 Å². The molecule has 0 amide bonds. The van der Waals surface area contributed by atoms with Crippen molar-refractivity contribution in [1.29, 1.82) is 0 Å². The highest BCUT2D eigenvalue weighted by Crippen LogP contribution is 2.23. The van der Waals surface area contributed by atoms with Crippen LogP contribution in [0.25, 0.3) is 0 Å². The molecule has 0 unspecified atom stereocenters. The van der Waals surface area contributed by atoms with Gasteiger partial charge in [-0.15, -0.1) is 0 Å². The van der Waals surface area contributed by atoms with Crippen molar-refractivity contribution >= 4 is 21.6 Å². The molecule has 0 radical (unpaired) electrons. The maximum atomic E-state index is 13.8. The first kappa shape index (κ1) is 14.5. The molecular weight excluding hydrogens is 295 g/mol. The van der Waals surface area contributed by atoms with Crippen LogP contribution < -0.4 is 10.2 Å². The van der Waals surface area contributed by atoms with E-state index in [4.69, 9.17) is 0 Å². The van der Waals surface area contributed by atoms with E-state index in [9.17, 15) is 12.8 Å². The van der Waals surface area contributed by atoms with Crippen LogP contribution in [0.2, 0.25) is 0 Å². The maximum Gasteiger partial charge on any atom is 0.225 e. The van der Waals surface area contributed by atoms with Crippen molar-refractivity contribution in [3.05, 3.63) is 12.0 Å². The van der Waals surface area contributed by atoms with E-state index in [1.165, 1.54) is 6.20 Å². The Morgan fingerprint density at radius 1 is 1.24 bits per heavy atom. The Hall–Kier alpha value is -1.44. The summed E-state index contributed by atoms with van der Waals surface area (Å²) in [6, 6.07) is 0.0328. The van der Waals surface area contributed by atoms with Crippen LogP contribution in [0.5, 0.6) is 0 Å². The number of aromatic nitrogens is 2. The molecule has 2 fully saturated rings. The Labute approximate surface area is 123 Å². The Bertz CT molecular complexity index is 603. The van der Waals surface area contributed by atoms with Gasteiger partial charge in [-0.25, -0.2) is 17.8 Å². The summed E-state index contributed by atoms with van der Waals surface area (Å²) in [5, 5.41) is 3.13. The topological polar surface area (TPSA) is 75.2 Å². The predicted octanol–water partition coefficient (Wildman–Crippen LogP) is 1.20. The lowest BCUT2D eigenvalue weighted by atomic mass is 10.2. The summed E-state index contributed by atoms with van der Waals surface area (Å²) in [6.07, 6.45) is 4.37. The van der Waals surface area contributed by atoms with E-state index in [1.54, 1.807) is 0 Å². The first-order valence-corrected chi connectivity index (χ1v) is 9.10. The number of rotatable bonds is 3. The van der Waals surface area contributed by atoms with Crippen LogP contribution >= 0.6 is 0 Å². The molecule has 0 spiro atoms. The van der Waals surface area contributed by atoms with Gasteiger partial charge in [-0.3, -0.25) is 0 Å². The van der Waals surface area contributed by atoms with E-state index in [1.807, 2.05) is 4.90 Å². The summed E-state index contributed by atoms with van der Waals surface area (Å²) in [6.45, 7) is 1.63. The Balaban J connectivity index is 1.70. The van der Waals surface area contributed by atoms with Gasteiger partial charge in [0.15, 0.2) is 11.6 Å². The van der Waals surface area contributed by atoms with E-state index in [0.717, 1.165) is 25.9 Å². The van der Waals surface area contributed by atoms with Crippen molar-refractivity contribution in [2.45, 2.75) is 31.7 Å². The van der Waals surface area contributed by atoms with Crippen LogP contribution in [-0.4, -0.2) is 49.0 Å². The zero-order valence-corrected chi connectivity index (χ0v) is 12.6. The largest absolute Gasteiger partial charge is 0.354 e. The van der Waals surface area contributed by atoms with Crippen molar-refractivity contribution in [2.24, 2.45) is 0 Å². The molecule has 0 aromatic carbocycles. The minimum atomic E-state index is -2.88. The fourth-order valence-electron chi connectivity index (χ4n) is 2.80. The molecule has 0 saturated carbocycles. The predicted molar refractivity (Wildman–Crippen MR) is 78.7 cm³/mol. The molecule has 1 aromatic rings. The van der Waals surface area contributed by atoms with Crippen molar-refractivity contribution < 1.29 is 12.8 Å². The van der Waals surface area contributed by atoms with Crippen molar-refractivity contribution in [2.75, 3.05) is 34.8 Å². The molecule has 0 atom stereocenters. The molecule has 1 N–H and O–H groups in total. The molecule has 3 heterocycles. The van der Waals surface area contributed by atoms with E-state index >= 15 is 0 Å². The Kier molecular flexibility index (Phi) is 3.97. The molecule has 2 saturated heterocycles. The lowest BCUT2D eigenvalue weighted by Gasteiger charge is -2.24. The van der Waals surface area contributed by atoms with Crippen LogP contribution in [0.1, 0.15) is 25.7 Å². The molecule has 0 bridgehead atoms. The third-order valence-electron chi connectivity index (χ3n) is 4.02. The molecule has 2 aliphatic rings. The summed E-state index contributed by atoms with van der Waals surface area (Å²) < 4.78 is 36.6. The molecular formula is C13H19FN4O2S. The normalized spacial score (nSPS) is 22.4. The van der Waals surface area contributed by atoms with E-state index in [2.05, 4.69) is 15.3 Å². The first-order valence-electron chi connectivity index (χ1n) is 7.28. The zero-order valence-electron chi connectivity index (χ0n) is 11.8. The van der Waals surface area contributed by atoms with Crippen LogP contribution in [0.3, 0.4) is 0 Å². The van der Waals surface area contributed by atoms with Gasteiger partial charge in [-0.1, -0.05) is 0 Å². The molecule has 8 heteroatoms. The smallest absolute Gasteiger partial charge is 0.225 e. The van der Waals surface area contributed by atoms with Crippen molar-refractivity contribution in [1.82, 2.24) is 9.97 Å². The number of hydrogen-bond acceptors (Lipinski definition) is 6. The zero-order chi connectivity index (χ0) is 14.9.